The number of carboxylic acids is 1. The number of benzene rings is 1. The van der Waals surface area contributed by atoms with Crippen molar-refractivity contribution in [2.24, 2.45) is 0 Å². The molecule has 2 rings (SSSR count). The minimum atomic E-state index is -1.25. The van der Waals surface area contributed by atoms with Crippen molar-refractivity contribution >= 4 is 21.9 Å². The van der Waals surface area contributed by atoms with Crippen molar-refractivity contribution in [3.05, 3.63) is 39.6 Å². The molecule has 0 aliphatic heterocycles. The zero-order chi connectivity index (χ0) is 14.2. The molecular formula is C11H8BrF2N3O2. The van der Waals surface area contributed by atoms with E-state index in [0.717, 1.165) is 4.68 Å². The number of rotatable bonds is 3. The third kappa shape index (κ3) is 2.35. The molecule has 0 saturated carbocycles. The Morgan fingerprint density at radius 3 is 2.68 bits per heavy atom. The molecular weight excluding hydrogens is 324 g/mol. The molecule has 0 spiro atoms. The van der Waals surface area contributed by atoms with E-state index in [9.17, 15) is 13.6 Å². The monoisotopic (exact) mass is 331 g/mol. The first-order valence-electron chi connectivity index (χ1n) is 5.28. The molecule has 100 valence electrons. The Kier molecular flexibility index (Phi) is 3.61. The largest absolute Gasteiger partial charge is 0.476 e. The van der Waals surface area contributed by atoms with Gasteiger partial charge in [0.15, 0.2) is 11.5 Å². The lowest BCUT2D eigenvalue weighted by Crippen LogP contribution is -2.07. The Labute approximate surface area is 115 Å². The predicted octanol–water partition coefficient (Wildman–Crippen LogP) is 2.57. The molecule has 0 atom stereocenters. The molecule has 8 heteroatoms. The van der Waals surface area contributed by atoms with Crippen molar-refractivity contribution in [1.29, 1.82) is 0 Å². The molecule has 0 amide bonds. The summed E-state index contributed by atoms with van der Waals surface area (Å²) in [6.07, 6.45) is 0.295. The molecule has 1 heterocycles. The number of nitrogens with zero attached hydrogens (tertiary/aromatic N) is 3. The van der Waals surface area contributed by atoms with Gasteiger partial charge in [-0.3, -0.25) is 0 Å². The van der Waals surface area contributed by atoms with Crippen molar-refractivity contribution in [3.63, 3.8) is 0 Å². The van der Waals surface area contributed by atoms with Crippen molar-refractivity contribution < 1.29 is 18.7 Å². The summed E-state index contributed by atoms with van der Waals surface area (Å²) in [5.41, 5.74) is -0.0719. The van der Waals surface area contributed by atoms with Crippen LogP contribution < -0.4 is 0 Å². The average Bonchev–Trinajstić information content (AvgIpc) is 2.77. The summed E-state index contributed by atoms with van der Waals surface area (Å²) >= 11 is 2.94. The molecule has 0 saturated heterocycles. The fourth-order valence-electron chi connectivity index (χ4n) is 1.65. The molecule has 19 heavy (non-hydrogen) atoms. The number of halogens is 3. The predicted molar refractivity (Wildman–Crippen MR) is 65.3 cm³/mol. The molecule has 0 bridgehead atoms. The molecule has 5 nitrogen and oxygen atoms in total. The number of hydrogen-bond acceptors (Lipinski definition) is 3. The van der Waals surface area contributed by atoms with E-state index in [1.165, 1.54) is 6.07 Å². The Bertz CT molecular complexity index is 658. The Morgan fingerprint density at radius 1 is 1.42 bits per heavy atom. The highest BCUT2D eigenvalue weighted by atomic mass is 79.9. The first-order valence-corrected chi connectivity index (χ1v) is 6.07. The second-order valence-corrected chi connectivity index (χ2v) is 4.53. The first kappa shape index (κ1) is 13.6. The van der Waals surface area contributed by atoms with Crippen LogP contribution in [0.4, 0.5) is 8.78 Å². The van der Waals surface area contributed by atoms with Gasteiger partial charge in [0.1, 0.15) is 11.5 Å². The van der Waals surface area contributed by atoms with Crippen molar-refractivity contribution in [2.45, 2.75) is 13.3 Å². The van der Waals surface area contributed by atoms with Crippen LogP contribution in [-0.2, 0) is 6.42 Å². The topological polar surface area (TPSA) is 68.0 Å². The zero-order valence-corrected chi connectivity index (χ0v) is 11.3. The highest BCUT2D eigenvalue weighted by molar-refractivity contribution is 9.10. The summed E-state index contributed by atoms with van der Waals surface area (Å²) in [6.45, 7) is 1.69. The lowest BCUT2D eigenvalue weighted by molar-refractivity contribution is 0.0689. The van der Waals surface area contributed by atoms with E-state index in [-0.39, 0.29) is 21.5 Å². The number of aromatic nitrogens is 3. The second-order valence-electron chi connectivity index (χ2n) is 3.67. The van der Waals surface area contributed by atoms with Crippen LogP contribution in [-0.4, -0.2) is 26.1 Å². The molecule has 0 unspecified atom stereocenters. The van der Waals surface area contributed by atoms with Gasteiger partial charge < -0.3 is 5.11 Å². The summed E-state index contributed by atoms with van der Waals surface area (Å²) in [4.78, 5) is 11.0. The van der Waals surface area contributed by atoms with Gasteiger partial charge in [0.25, 0.3) is 0 Å². The van der Waals surface area contributed by atoms with Crippen LogP contribution in [0.15, 0.2) is 16.6 Å². The molecule has 2 aromatic rings. The molecule has 0 radical (unpaired) electrons. The molecule has 1 aromatic carbocycles. The van der Waals surface area contributed by atoms with E-state index < -0.39 is 17.6 Å². The van der Waals surface area contributed by atoms with Crippen LogP contribution in [0.1, 0.15) is 23.1 Å². The lowest BCUT2D eigenvalue weighted by atomic mass is 10.2. The van der Waals surface area contributed by atoms with Crippen LogP contribution in [0.25, 0.3) is 5.69 Å². The van der Waals surface area contributed by atoms with Crippen LogP contribution in [0.3, 0.4) is 0 Å². The van der Waals surface area contributed by atoms with Gasteiger partial charge in [-0.25, -0.2) is 18.3 Å². The minimum Gasteiger partial charge on any atom is -0.476 e. The van der Waals surface area contributed by atoms with Crippen LogP contribution >= 0.6 is 15.9 Å². The second kappa shape index (κ2) is 5.04. The Balaban J connectivity index is 2.66. The SMILES string of the molecule is CCc1c(C(=O)O)nnn1-c1cc(Br)c(F)cc1F. The number of aromatic carboxylic acids is 1. The Morgan fingerprint density at radius 2 is 2.11 bits per heavy atom. The minimum absolute atomic E-state index is 0.0540. The third-order valence-corrected chi connectivity index (χ3v) is 3.13. The van der Waals surface area contributed by atoms with E-state index >= 15 is 0 Å². The highest BCUT2D eigenvalue weighted by Crippen LogP contribution is 2.24. The number of carbonyl (C=O) groups is 1. The van der Waals surface area contributed by atoms with Gasteiger partial charge in [0.05, 0.1) is 10.2 Å². The Hall–Kier alpha value is -1.83. The summed E-state index contributed by atoms with van der Waals surface area (Å²) in [7, 11) is 0. The summed E-state index contributed by atoms with van der Waals surface area (Å²) in [6, 6.07) is 1.88. The van der Waals surface area contributed by atoms with Crippen LogP contribution in [0.2, 0.25) is 0 Å². The number of hydrogen-bond donors (Lipinski definition) is 1. The molecule has 1 N–H and O–H groups in total. The molecule has 0 aliphatic carbocycles. The van der Waals surface area contributed by atoms with Gasteiger partial charge in [-0.05, 0) is 28.4 Å². The van der Waals surface area contributed by atoms with Crippen LogP contribution in [0, 0.1) is 11.6 Å². The number of carboxylic acid groups (broad SMARTS) is 1. The van der Waals surface area contributed by atoms with E-state index in [0.29, 0.717) is 12.5 Å². The maximum Gasteiger partial charge on any atom is 0.358 e. The van der Waals surface area contributed by atoms with Gasteiger partial charge in [-0.2, -0.15) is 0 Å². The van der Waals surface area contributed by atoms with Gasteiger partial charge >= 0.3 is 5.97 Å². The van der Waals surface area contributed by atoms with E-state index in [1.807, 2.05) is 0 Å². The van der Waals surface area contributed by atoms with E-state index in [2.05, 4.69) is 26.2 Å². The first-order chi connectivity index (χ1) is 8.95. The van der Waals surface area contributed by atoms with Crippen molar-refractivity contribution in [2.75, 3.05) is 0 Å². The average molecular weight is 332 g/mol. The standard InChI is InChI=1S/C11H8BrF2N3O2/c1-2-8-10(11(18)19)15-16-17(8)9-3-5(12)6(13)4-7(9)14/h3-4H,2H2,1H3,(H,18,19). The van der Waals surface area contributed by atoms with Gasteiger partial charge in [-0.1, -0.05) is 12.1 Å². The lowest BCUT2D eigenvalue weighted by Gasteiger charge is -2.07. The van der Waals surface area contributed by atoms with Gasteiger partial charge in [-0.15, -0.1) is 5.10 Å². The zero-order valence-electron chi connectivity index (χ0n) is 9.69. The van der Waals surface area contributed by atoms with Gasteiger partial charge in [0.2, 0.25) is 0 Å². The van der Waals surface area contributed by atoms with E-state index in [1.54, 1.807) is 6.92 Å². The molecule has 1 aromatic heterocycles. The summed E-state index contributed by atoms with van der Waals surface area (Å²) < 4.78 is 28.0. The smallest absolute Gasteiger partial charge is 0.358 e. The van der Waals surface area contributed by atoms with E-state index in [4.69, 9.17) is 5.11 Å². The fraction of sp³-hybridized carbons (Fsp3) is 0.182. The maximum absolute atomic E-state index is 13.7. The highest BCUT2D eigenvalue weighted by Gasteiger charge is 2.21. The molecule has 0 aliphatic rings. The van der Waals surface area contributed by atoms with Crippen LogP contribution in [0.5, 0.6) is 0 Å². The fourth-order valence-corrected chi connectivity index (χ4v) is 1.98. The third-order valence-electron chi connectivity index (χ3n) is 2.52. The molecule has 0 fully saturated rings. The van der Waals surface area contributed by atoms with Crippen molar-refractivity contribution in [3.8, 4) is 5.69 Å². The summed E-state index contributed by atoms with van der Waals surface area (Å²) in [5, 5.41) is 16.1. The van der Waals surface area contributed by atoms with Gasteiger partial charge in [0, 0.05) is 6.07 Å². The maximum atomic E-state index is 13.7. The van der Waals surface area contributed by atoms with Crippen molar-refractivity contribution in [1.82, 2.24) is 15.0 Å². The normalized spacial score (nSPS) is 10.7. The summed E-state index contributed by atoms with van der Waals surface area (Å²) in [5.74, 6) is -2.85. The quantitative estimate of drug-likeness (QED) is 0.878.